The summed E-state index contributed by atoms with van der Waals surface area (Å²) in [5, 5.41) is 0.925. The first-order valence-electron chi connectivity index (χ1n) is 7.86. The summed E-state index contributed by atoms with van der Waals surface area (Å²) >= 11 is 0. The SMILES string of the molecule is Cc1nc(-c2ccccc2)nc2nc(-c3ccccc3)nc(C)c12. The first-order chi connectivity index (χ1) is 11.7. The molecule has 4 aromatic rings. The lowest BCUT2D eigenvalue weighted by atomic mass is 10.1. The number of hydrogen-bond donors (Lipinski definition) is 0. The zero-order chi connectivity index (χ0) is 16.5. The van der Waals surface area contributed by atoms with Gasteiger partial charge in [0.2, 0.25) is 0 Å². The molecule has 4 heteroatoms. The topological polar surface area (TPSA) is 51.6 Å². The van der Waals surface area contributed by atoms with Gasteiger partial charge in [-0.25, -0.2) is 19.9 Å². The molecule has 0 saturated heterocycles. The summed E-state index contributed by atoms with van der Waals surface area (Å²) in [4.78, 5) is 18.7. The predicted octanol–water partition coefficient (Wildman–Crippen LogP) is 4.37. The second-order valence-corrected chi connectivity index (χ2v) is 5.70. The highest BCUT2D eigenvalue weighted by molar-refractivity contribution is 5.83. The Balaban J connectivity index is 1.96. The third-order valence-corrected chi connectivity index (χ3v) is 3.98. The van der Waals surface area contributed by atoms with Crippen molar-refractivity contribution < 1.29 is 0 Å². The Morgan fingerprint density at radius 2 is 0.958 bits per heavy atom. The second kappa shape index (κ2) is 5.81. The van der Waals surface area contributed by atoms with Gasteiger partial charge in [-0.1, -0.05) is 60.7 Å². The predicted molar refractivity (Wildman–Crippen MR) is 95.5 cm³/mol. The minimum Gasteiger partial charge on any atom is -0.233 e. The summed E-state index contributed by atoms with van der Waals surface area (Å²) in [5.74, 6) is 1.38. The molecular formula is C20H16N4. The van der Waals surface area contributed by atoms with E-state index in [0.29, 0.717) is 17.3 Å². The molecule has 0 fully saturated rings. The lowest BCUT2D eigenvalue weighted by Gasteiger charge is -2.09. The fraction of sp³-hybridized carbons (Fsp3) is 0.100. The van der Waals surface area contributed by atoms with E-state index in [2.05, 4.69) is 9.97 Å². The lowest BCUT2D eigenvalue weighted by molar-refractivity contribution is 1.08. The van der Waals surface area contributed by atoms with E-state index < -0.39 is 0 Å². The fourth-order valence-corrected chi connectivity index (χ4v) is 2.83. The van der Waals surface area contributed by atoms with Crippen LogP contribution in [0.2, 0.25) is 0 Å². The molecule has 0 unspecified atom stereocenters. The van der Waals surface area contributed by atoms with E-state index in [4.69, 9.17) is 9.97 Å². The minimum atomic E-state index is 0.688. The number of benzene rings is 2. The van der Waals surface area contributed by atoms with Crippen LogP contribution in [-0.4, -0.2) is 19.9 Å². The number of aromatic nitrogens is 4. The van der Waals surface area contributed by atoms with Crippen LogP contribution in [-0.2, 0) is 0 Å². The molecule has 0 aliphatic heterocycles. The molecule has 4 rings (SSSR count). The van der Waals surface area contributed by atoms with Gasteiger partial charge in [-0.3, -0.25) is 0 Å². The lowest BCUT2D eigenvalue weighted by Crippen LogP contribution is -2.01. The van der Waals surface area contributed by atoms with E-state index in [0.717, 1.165) is 27.9 Å². The zero-order valence-corrected chi connectivity index (χ0v) is 13.6. The van der Waals surface area contributed by atoms with Crippen molar-refractivity contribution in [3.8, 4) is 22.8 Å². The van der Waals surface area contributed by atoms with E-state index >= 15 is 0 Å². The molecule has 24 heavy (non-hydrogen) atoms. The van der Waals surface area contributed by atoms with Crippen LogP contribution in [0.4, 0.5) is 0 Å². The van der Waals surface area contributed by atoms with E-state index in [1.165, 1.54) is 0 Å². The van der Waals surface area contributed by atoms with Gasteiger partial charge in [0.25, 0.3) is 0 Å². The highest BCUT2D eigenvalue weighted by Crippen LogP contribution is 2.24. The Bertz CT molecular complexity index is 932. The Morgan fingerprint density at radius 3 is 1.38 bits per heavy atom. The van der Waals surface area contributed by atoms with Crippen LogP contribution < -0.4 is 0 Å². The van der Waals surface area contributed by atoms with Crippen molar-refractivity contribution in [2.24, 2.45) is 0 Å². The Kier molecular flexibility index (Phi) is 3.50. The summed E-state index contributed by atoms with van der Waals surface area (Å²) in [6, 6.07) is 19.9. The molecule has 2 aromatic heterocycles. The van der Waals surface area contributed by atoms with Gasteiger partial charge in [0.05, 0.1) is 16.8 Å². The minimum absolute atomic E-state index is 0.688. The summed E-state index contributed by atoms with van der Waals surface area (Å²) in [5.41, 5.74) is 4.46. The molecule has 0 radical (unpaired) electrons. The molecule has 0 saturated carbocycles. The number of aryl methyl sites for hydroxylation is 2. The van der Waals surface area contributed by atoms with Gasteiger partial charge in [0.1, 0.15) is 0 Å². The highest BCUT2D eigenvalue weighted by atomic mass is 15.0. The van der Waals surface area contributed by atoms with Crippen LogP contribution in [0.1, 0.15) is 11.4 Å². The average Bonchev–Trinajstić information content (AvgIpc) is 2.62. The van der Waals surface area contributed by atoms with Crippen molar-refractivity contribution in [1.29, 1.82) is 0 Å². The molecule has 0 bridgehead atoms. The van der Waals surface area contributed by atoms with Gasteiger partial charge < -0.3 is 0 Å². The van der Waals surface area contributed by atoms with Crippen molar-refractivity contribution in [2.75, 3.05) is 0 Å². The molecule has 116 valence electrons. The van der Waals surface area contributed by atoms with Gasteiger partial charge in [0.15, 0.2) is 17.3 Å². The maximum atomic E-state index is 4.69. The van der Waals surface area contributed by atoms with Crippen LogP contribution in [0.3, 0.4) is 0 Å². The zero-order valence-electron chi connectivity index (χ0n) is 13.6. The Morgan fingerprint density at radius 1 is 0.542 bits per heavy atom. The molecule has 4 nitrogen and oxygen atoms in total. The highest BCUT2D eigenvalue weighted by Gasteiger charge is 2.13. The summed E-state index contributed by atoms with van der Waals surface area (Å²) in [6.07, 6.45) is 0. The van der Waals surface area contributed by atoms with Gasteiger partial charge in [-0.15, -0.1) is 0 Å². The smallest absolute Gasteiger partial charge is 0.167 e. The van der Waals surface area contributed by atoms with Crippen molar-refractivity contribution in [1.82, 2.24) is 19.9 Å². The van der Waals surface area contributed by atoms with Crippen LogP contribution in [0.25, 0.3) is 33.8 Å². The van der Waals surface area contributed by atoms with Gasteiger partial charge in [-0.05, 0) is 13.8 Å². The van der Waals surface area contributed by atoms with Crippen molar-refractivity contribution in [2.45, 2.75) is 13.8 Å². The van der Waals surface area contributed by atoms with E-state index in [9.17, 15) is 0 Å². The summed E-state index contributed by atoms with van der Waals surface area (Å²) < 4.78 is 0. The molecular weight excluding hydrogens is 296 g/mol. The number of nitrogens with zero attached hydrogens (tertiary/aromatic N) is 4. The van der Waals surface area contributed by atoms with Gasteiger partial charge in [0, 0.05) is 11.1 Å². The third kappa shape index (κ3) is 2.52. The molecule has 0 aliphatic rings. The number of fused-ring (bicyclic) bond motifs is 1. The first-order valence-corrected chi connectivity index (χ1v) is 7.86. The first kappa shape index (κ1) is 14.5. The fourth-order valence-electron chi connectivity index (χ4n) is 2.83. The Labute approximate surface area is 140 Å². The monoisotopic (exact) mass is 312 g/mol. The summed E-state index contributed by atoms with van der Waals surface area (Å²) in [7, 11) is 0. The molecule has 0 spiro atoms. The maximum absolute atomic E-state index is 4.69. The largest absolute Gasteiger partial charge is 0.233 e. The van der Waals surface area contributed by atoms with Gasteiger partial charge in [-0.2, -0.15) is 0 Å². The van der Waals surface area contributed by atoms with Crippen LogP contribution in [0.15, 0.2) is 60.7 Å². The van der Waals surface area contributed by atoms with E-state index in [1.54, 1.807) is 0 Å². The van der Waals surface area contributed by atoms with Crippen LogP contribution in [0.5, 0.6) is 0 Å². The normalized spacial score (nSPS) is 10.9. The molecule has 0 N–H and O–H groups in total. The Hall–Kier alpha value is -3.14. The van der Waals surface area contributed by atoms with Crippen molar-refractivity contribution in [3.05, 3.63) is 72.1 Å². The van der Waals surface area contributed by atoms with E-state index in [1.807, 2.05) is 74.5 Å². The van der Waals surface area contributed by atoms with Crippen LogP contribution in [0, 0.1) is 13.8 Å². The van der Waals surface area contributed by atoms with E-state index in [-0.39, 0.29) is 0 Å². The molecule has 0 aliphatic carbocycles. The van der Waals surface area contributed by atoms with Crippen molar-refractivity contribution >= 4 is 11.0 Å². The van der Waals surface area contributed by atoms with Crippen LogP contribution >= 0.6 is 0 Å². The number of hydrogen-bond acceptors (Lipinski definition) is 4. The standard InChI is InChI=1S/C20H16N4/c1-13-17-14(2)22-19(16-11-7-4-8-12-16)24-20(17)23-18(21-13)15-9-5-3-6-10-15/h3-12H,1-2H3. The summed E-state index contributed by atoms with van der Waals surface area (Å²) in [6.45, 7) is 3.96. The molecule has 0 atom stereocenters. The molecule has 2 aromatic carbocycles. The van der Waals surface area contributed by atoms with Gasteiger partial charge >= 0.3 is 0 Å². The quantitative estimate of drug-likeness (QED) is 0.551. The number of rotatable bonds is 2. The molecule has 0 amide bonds. The van der Waals surface area contributed by atoms with Crippen molar-refractivity contribution in [3.63, 3.8) is 0 Å². The molecule has 2 heterocycles. The average molecular weight is 312 g/mol. The third-order valence-electron chi connectivity index (χ3n) is 3.98. The maximum Gasteiger partial charge on any atom is 0.167 e. The second-order valence-electron chi connectivity index (χ2n) is 5.70.